The molecule has 0 amide bonds. The van der Waals surface area contributed by atoms with Gasteiger partial charge >= 0.3 is 11.9 Å². The molecule has 0 aliphatic heterocycles. The zero-order chi connectivity index (χ0) is 66.1. The first-order chi connectivity index (χ1) is 45.6. The normalized spacial score (nSPS) is 13.9. The highest BCUT2D eigenvalue weighted by atomic mass is 16.6. The molecule has 1 N–H and O–H groups in total. The van der Waals surface area contributed by atoms with Crippen molar-refractivity contribution in [1.82, 2.24) is 0 Å². The lowest BCUT2D eigenvalue weighted by Crippen LogP contribution is -2.28. The summed E-state index contributed by atoms with van der Waals surface area (Å²) in [6.45, 7) is 3.86. The third-order valence-electron chi connectivity index (χ3n) is 14.0. The Morgan fingerprint density at radius 1 is 0.250 bits per heavy atom. The Morgan fingerprint density at radius 2 is 0.435 bits per heavy atom. The number of carbonyl (C=O) groups is 2. The largest absolute Gasteiger partial charge is 0.462 e. The molecule has 0 aliphatic carbocycles. The molecule has 506 valence electrons. The summed E-state index contributed by atoms with van der Waals surface area (Å²) < 4.78 is 10.7. The highest BCUT2D eigenvalue weighted by molar-refractivity contribution is 5.70. The van der Waals surface area contributed by atoms with Crippen molar-refractivity contribution in [3.05, 3.63) is 267 Å². The minimum absolute atomic E-state index is 0.103. The third-order valence-corrected chi connectivity index (χ3v) is 14.0. The van der Waals surface area contributed by atoms with Crippen LogP contribution in [0.4, 0.5) is 0 Å². The number of hydrogen-bond donors (Lipinski definition) is 1. The molecule has 0 saturated carbocycles. The van der Waals surface area contributed by atoms with Gasteiger partial charge in [-0.05, 0) is 180 Å². The van der Waals surface area contributed by atoms with E-state index in [4.69, 9.17) is 9.47 Å². The summed E-state index contributed by atoms with van der Waals surface area (Å²) >= 11 is 0. The lowest BCUT2D eigenvalue weighted by Gasteiger charge is -2.15. The van der Waals surface area contributed by atoms with Crippen molar-refractivity contribution < 1.29 is 24.2 Å². The van der Waals surface area contributed by atoms with Gasteiger partial charge in [0.05, 0.1) is 6.61 Å². The summed E-state index contributed by atoms with van der Waals surface area (Å²) in [5.74, 6) is -0.657. The average molecular weight is 1250 g/mol. The number of rotatable bonds is 62. The van der Waals surface area contributed by atoms with Crippen LogP contribution in [0.5, 0.6) is 0 Å². The van der Waals surface area contributed by atoms with Crippen LogP contribution in [-0.4, -0.2) is 36.4 Å². The van der Waals surface area contributed by atoms with Gasteiger partial charge in [-0.1, -0.05) is 320 Å². The average Bonchev–Trinajstić information content (AvgIpc) is 3.75. The van der Waals surface area contributed by atoms with E-state index in [-0.39, 0.29) is 25.2 Å². The molecule has 0 rings (SSSR count). The van der Waals surface area contributed by atoms with Crippen molar-refractivity contribution in [2.75, 3.05) is 13.2 Å². The van der Waals surface area contributed by atoms with Crippen molar-refractivity contribution in [2.24, 2.45) is 0 Å². The van der Waals surface area contributed by atoms with E-state index in [2.05, 4.69) is 281 Å². The van der Waals surface area contributed by atoms with Gasteiger partial charge in [0.25, 0.3) is 0 Å². The Kier molecular flexibility index (Phi) is 72.6. The molecule has 0 heterocycles. The summed E-state index contributed by atoms with van der Waals surface area (Å²) in [6, 6.07) is 0. The van der Waals surface area contributed by atoms with E-state index in [0.29, 0.717) is 12.8 Å². The molecule has 0 bridgehead atoms. The van der Waals surface area contributed by atoms with Gasteiger partial charge in [-0.3, -0.25) is 9.59 Å². The van der Waals surface area contributed by atoms with Gasteiger partial charge in [-0.25, -0.2) is 0 Å². The van der Waals surface area contributed by atoms with Crippen LogP contribution in [-0.2, 0) is 19.1 Å². The smallest absolute Gasteiger partial charge is 0.306 e. The quantitative estimate of drug-likeness (QED) is 0.0373. The summed E-state index contributed by atoms with van der Waals surface area (Å²) in [7, 11) is 0. The van der Waals surface area contributed by atoms with Gasteiger partial charge < -0.3 is 14.6 Å². The van der Waals surface area contributed by atoms with Crippen molar-refractivity contribution in [1.29, 1.82) is 0 Å². The maximum atomic E-state index is 12.4. The molecule has 0 aromatic carbocycles. The standard InChI is InChI=1S/C87H128O5/c1-3-5-7-9-11-13-15-17-19-21-23-25-27-29-31-33-35-37-39-41-43-45-47-49-51-53-55-57-59-61-63-65-67-69-71-73-75-77-79-81-86(89)91-84-85(83-88)92-87(90)82-80-78-76-74-72-70-68-66-64-62-60-58-56-54-52-50-48-46-44-42-40-38-36-34-32-30-28-26-24-22-20-18-16-14-12-10-8-6-4-2/h5-8,11-14,17-20,23-26,29-32,35-38,41-44,47-50,53-56,59-62,65-68,85,88H,3-4,9-10,15-16,21-22,27-28,33-34,39-40,45-46,51-52,57-58,63-64,69-84H2,1-2H3/b7-5-,8-6-,13-11-,14-12-,19-17-,20-18-,25-23-,26-24-,31-29-,32-30-,37-35-,38-36-,43-41-,44-42-,49-47-,50-48-,55-53-,56-54-,61-59-,62-60-,67-65-,68-66-. The molecule has 1 atom stereocenters. The first-order valence-electron chi connectivity index (χ1n) is 35.9. The van der Waals surface area contributed by atoms with Crippen LogP contribution >= 0.6 is 0 Å². The van der Waals surface area contributed by atoms with Crippen LogP contribution in [0.25, 0.3) is 0 Å². The van der Waals surface area contributed by atoms with Crippen molar-refractivity contribution >= 4 is 11.9 Å². The molecule has 0 fully saturated rings. The van der Waals surface area contributed by atoms with E-state index in [0.717, 1.165) is 218 Å². The minimum atomic E-state index is -0.815. The predicted octanol–water partition coefficient (Wildman–Crippen LogP) is 25.8. The maximum Gasteiger partial charge on any atom is 0.306 e. The first-order valence-corrected chi connectivity index (χ1v) is 35.9. The second-order valence-electron chi connectivity index (χ2n) is 22.5. The second kappa shape index (κ2) is 78.4. The molecule has 5 nitrogen and oxygen atoms in total. The van der Waals surface area contributed by atoms with E-state index >= 15 is 0 Å². The molecule has 92 heavy (non-hydrogen) atoms. The maximum absolute atomic E-state index is 12.4. The summed E-state index contributed by atoms with van der Waals surface area (Å²) in [4.78, 5) is 24.7. The lowest BCUT2D eigenvalue weighted by atomic mass is 10.1. The predicted molar refractivity (Wildman–Crippen MR) is 407 cm³/mol. The molecule has 0 aromatic rings. The number of hydrogen-bond acceptors (Lipinski definition) is 5. The second-order valence-corrected chi connectivity index (χ2v) is 22.5. The van der Waals surface area contributed by atoms with E-state index in [1.807, 2.05) is 0 Å². The third kappa shape index (κ3) is 75.6. The van der Waals surface area contributed by atoms with Gasteiger partial charge in [0.15, 0.2) is 6.10 Å². The van der Waals surface area contributed by atoms with E-state index in [1.165, 1.54) is 0 Å². The van der Waals surface area contributed by atoms with Crippen molar-refractivity contribution in [3.63, 3.8) is 0 Å². The molecule has 0 saturated heterocycles. The molecule has 1 unspecified atom stereocenters. The first kappa shape index (κ1) is 85.2. The summed E-state index contributed by atoms with van der Waals surface area (Å²) in [5.41, 5.74) is 0. The van der Waals surface area contributed by atoms with Crippen LogP contribution in [0.3, 0.4) is 0 Å². The highest BCUT2D eigenvalue weighted by Gasteiger charge is 2.16. The Hall–Kier alpha value is -6.82. The SMILES string of the molecule is CC/C=C\C/C=C\C/C=C\C/C=C\C/C=C\C/C=C\C/C=C\C/C=C\C/C=C\C/C=C\C/C=C\CCCCCCCC(=O)OCC(CO)OC(=O)CCCCCCC/C=C\C/C=C\C/C=C\C/C=C\C/C=C\C/C=C\C/C=C\C/C=C\C/C=C\C/C=C\C/C=C\CC. The molecular weight excluding hydrogens is 1120 g/mol. The fourth-order valence-electron chi connectivity index (χ4n) is 8.74. The van der Waals surface area contributed by atoms with Crippen molar-refractivity contribution in [3.8, 4) is 0 Å². The molecular formula is C87H128O5. The number of ether oxygens (including phenoxy) is 2. The van der Waals surface area contributed by atoms with E-state index < -0.39 is 6.10 Å². The number of allylic oxidation sites excluding steroid dienone is 44. The fourth-order valence-corrected chi connectivity index (χ4v) is 8.74. The Balaban J connectivity index is 3.71. The monoisotopic (exact) mass is 1250 g/mol. The Morgan fingerprint density at radius 3 is 0.652 bits per heavy atom. The zero-order valence-electron chi connectivity index (χ0n) is 57.9. The highest BCUT2D eigenvalue weighted by Crippen LogP contribution is 2.12. The molecule has 0 radical (unpaired) electrons. The van der Waals surface area contributed by atoms with Crippen LogP contribution in [0, 0.1) is 0 Å². The van der Waals surface area contributed by atoms with Crippen molar-refractivity contribution in [2.45, 2.75) is 251 Å². The molecule has 0 spiro atoms. The van der Waals surface area contributed by atoms with E-state index in [9.17, 15) is 14.7 Å². The van der Waals surface area contributed by atoms with Gasteiger partial charge in [-0.15, -0.1) is 0 Å². The summed E-state index contributed by atoms with van der Waals surface area (Å²) in [5, 5.41) is 9.70. The Bertz CT molecular complexity index is 2360. The van der Waals surface area contributed by atoms with Gasteiger partial charge in [-0.2, -0.15) is 0 Å². The minimum Gasteiger partial charge on any atom is -0.462 e. The number of unbranched alkanes of at least 4 members (excludes halogenated alkanes) is 10. The topological polar surface area (TPSA) is 72.8 Å². The fraction of sp³-hybridized carbons (Fsp3) is 0.471. The lowest BCUT2D eigenvalue weighted by molar-refractivity contribution is -0.161. The summed E-state index contributed by atoms with van der Waals surface area (Å²) in [6.07, 6.45) is 132. The Labute approximate surface area is 564 Å². The number of esters is 2. The van der Waals surface area contributed by atoms with Crippen LogP contribution in [0.2, 0.25) is 0 Å². The molecule has 0 aliphatic rings. The van der Waals surface area contributed by atoms with Gasteiger partial charge in [0, 0.05) is 12.8 Å². The molecule has 5 heteroatoms. The zero-order valence-corrected chi connectivity index (χ0v) is 57.9. The van der Waals surface area contributed by atoms with Gasteiger partial charge in [0.1, 0.15) is 6.61 Å². The van der Waals surface area contributed by atoms with Crippen LogP contribution in [0.15, 0.2) is 267 Å². The van der Waals surface area contributed by atoms with E-state index in [1.54, 1.807) is 0 Å². The number of aliphatic hydroxyl groups excluding tert-OH is 1. The van der Waals surface area contributed by atoms with Crippen LogP contribution < -0.4 is 0 Å². The number of carbonyl (C=O) groups excluding carboxylic acids is 2. The van der Waals surface area contributed by atoms with Gasteiger partial charge in [0.2, 0.25) is 0 Å². The van der Waals surface area contributed by atoms with Crippen LogP contribution in [0.1, 0.15) is 245 Å². The number of aliphatic hydroxyl groups is 1. The molecule has 0 aromatic heterocycles.